The third kappa shape index (κ3) is 2.57. The fourth-order valence-electron chi connectivity index (χ4n) is 2.55. The number of aromatic nitrogens is 3. The van der Waals surface area contributed by atoms with Crippen molar-refractivity contribution in [2.75, 3.05) is 0 Å². The maximum Gasteiger partial charge on any atom is 0.274 e. The molecule has 4 nitrogen and oxygen atoms in total. The summed E-state index contributed by atoms with van der Waals surface area (Å²) in [5.74, 6) is 0. The van der Waals surface area contributed by atoms with E-state index in [0.717, 1.165) is 27.2 Å². The number of thioether (sulfide) groups is 1. The molecule has 3 rings (SSSR count). The van der Waals surface area contributed by atoms with Gasteiger partial charge >= 0.3 is 0 Å². The molecule has 1 N–H and O–H groups in total. The van der Waals surface area contributed by atoms with Gasteiger partial charge in [-0.3, -0.25) is 4.79 Å². The van der Waals surface area contributed by atoms with Crippen LogP contribution in [0.3, 0.4) is 0 Å². The third-order valence-electron chi connectivity index (χ3n) is 3.58. The van der Waals surface area contributed by atoms with Gasteiger partial charge in [-0.15, -0.1) is 11.8 Å². The van der Waals surface area contributed by atoms with Crippen molar-refractivity contribution < 1.29 is 0 Å². The molecule has 0 atom stereocenters. The lowest BCUT2D eigenvalue weighted by molar-refractivity contribution is 0.870. The Bertz CT molecular complexity index is 893. The molecule has 0 aliphatic carbocycles. The molecule has 3 heterocycles. The topological polar surface area (TPSA) is 50.7 Å². The minimum atomic E-state index is -0.0193. The Balaban J connectivity index is 2.25. The van der Waals surface area contributed by atoms with Crippen molar-refractivity contribution in [2.24, 2.45) is 7.05 Å². The number of nitrogens with one attached hydrogen (secondary N) is 1. The summed E-state index contributed by atoms with van der Waals surface area (Å²) in [7, 11) is 1.77. The van der Waals surface area contributed by atoms with Crippen molar-refractivity contribution in [3.63, 3.8) is 0 Å². The number of hydrogen-bond acceptors (Lipinski definition) is 3. The molecule has 0 aliphatic heterocycles. The maximum absolute atomic E-state index is 12.2. The van der Waals surface area contributed by atoms with E-state index in [9.17, 15) is 4.79 Å². The van der Waals surface area contributed by atoms with Crippen molar-refractivity contribution in [3.05, 3.63) is 46.5 Å². The summed E-state index contributed by atoms with van der Waals surface area (Å²) in [6.45, 7) is 6.36. The number of pyridine rings is 2. The Morgan fingerprint density at radius 3 is 2.77 bits per heavy atom. The molecule has 0 aromatic carbocycles. The second-order valence-electron chi connectivity index (χ2n) is 5.71. The normalized spacial score (nSPS) is 11.5. The van der Waals surface area contributed by atoms with Crippen LogP contribution < -0.4 is 5.56 Å². The molecule has 0 saturated heterocycles. The predicted molar refractivity (Wildman–Crippen MR) is 92.5 cm³/mol. The first-order valence-corrected chi connectivity index (χ1v) is 8.16. The quantitative estimate of drug-likeness (QED) is 0.749. The van der Waals surface area contributed by atoms with E-state index in [1.165, 1.54) is 0 Å². The molecule has 0 saturated carbocycles. The van der Waals surface area contributed by atoms with Gasteiger partial charge in [0.2, 0.25) is 0 Å². The van der Waals surface area contributed by atoms with Gasteiger partial charge in [-0.25, -0.2) is 4.98 Å². The standard InChI is InChI=1S/C17H19N3OS/c1-10(2)22-14-6-5-11(3)15(19-14)13-9-20(4)17(21)16-12(13)7-8-18-16/h5-10,18H,1-4H3. The number of rotatable bonds is 3. The van der Waals surface area contributed by atoms with Crippen LogP contribution >= 0.6 is 11.8 Å². The smallest absolute Gasteiger partial charge is 0.274 e. The molecule has 0 spiro atoms. The van der Waals surface area contributed by atoms with E-state index in [4.69, 9.17) is 4.98 Å². The summed E-state index contributed by atoms with van der Waals surface area (Å²) in [5.41, 5.74) is 3.64. The molecule has 3 aromatic rings. The van der Waals surface area contributed by atoms with Crippen LogP contribution in [-0.2, 0) is 7.05 Å². The number of aryl methyl sites for hydroxylation is 2. The van der Waals surface area contributed by atoms with Crippen LogP contribution in [-0.4, -0.2) is 19.8 Å². The molecule has 0 amide bonds. The molecule has 5 heteroatoms. The number of H-pyrrole nitrogens is 1. The fraction of sp³-hybridized carbons (Fsp3) is 0.294. The van der Waals surface area contributed by atoms with E-state index >= 15 is 0 Å². The van der Waals surface area contributed by atoms with Crippen LogP contribution in [0, 0.1) is 6.92 Å². The van der Waals surface area contributed by atoms with E-state index in [0.29, 0.717) is 10.8 Å². The van der Waals surface area contributed by atoms with Crippen LogP contribution in [0.15, 0.2) is 40.4 Å². The van der Waals surface area contributed by atoms with E-state index in [-0.39, 0.29) is 5.56 Å². The summed E-state index contributed by atoms with van der Waals surface area (Å²) >= 11 is 1.74. The maximum atomic E-state index is 12.2. The van der Waals surface area contributed by atoms with E-state index in [1.54, 1.807) is 29.6 Å². The van der Waals surface area contributed by atoms with Crippen LogP contribution in [0.1, 0.15) is 19.4 Å². The van der Waals surface area contributed by atoms with Crippen LogP contribution in [0.25, 0.3) is 22.2 Å². The lowest BCUT2D eigenvalue weighted by Crippen LogP contribution is -2.16. The van der Waals surface area contributed by atoms with Gasteiger partial charge in [0, 0.05) is 35.6 Å². The lowest BCUT2D eigenvalue weighted by atomic mass is 10.1. The van der Waals surface area contributed by atoms with Crippen LogP contribution in [0.5, 0.6) is 0 Å². The molecule has 0 bridgehead atoms. The van der Waals surface area contributed by atoms with Crippen LogP contribution in [0.4, 0.5) is 0 Å². The minimum Gasteiger partial charge on any atom is -0.357 e. The van der Waals surface area contributed by atoms with E-state index in [1.807, 2.05) is 12.3 Å². The van der Waals surface area contributed by atoms with Gasteiger partial charge in [0.15, 0.2) is 0 Å². The van der Waals surface area contributed by atoms with Gasteiger partial charge in [-0.1, -0.05) is 19.9 Å². The van der Waals surface area contributed by atoms with Gasteiger partial charge in [-0.2, -0.15) is 0 Å². The summed E-state index contributed by atoms with van der Waals surface area (Å²) in [4.78, 5) is 20.0. The van der Waals surface area contributed by atoms with Crippen molar-refractivity contribution in [3.8, 4) is 11.3 Å². The second kappa shape index (κ2) is 5.65. The first-order valence-electron chi connectivity index (χ1n) is 7.28. The highest BCUT2D eigenvalue weighted by Crippen LogP contribution is 2.30. The Kier molecular flexibility index (Phi) is 3.83. The number of nitrogens with zero attached hydrogens (tertiary/aromatic N) is 2. The number of hydrogen-bond donors (Lipinski definition) is 1. The molecule has 114 valence electrons. The highest BCUT2D eigenvalue weighted by molar-refractivity contribution is 7.99. The van der Waals surface area contributed by atoms with Gasteiger partial charge in [0.25, 0.3) is 5.56 Å². The molecule has 0 aliphatic rings. The monoisotopic (exact) mass is 313 g/mol. The molecule has 0 unspecified atom stereocenters. The predicted octanol–water partition coefficient (Wildman–Crippen LogP) is 3.74. The zero-order valence-corrected chi connectivity index (χ0v) is 14.0. The summed E-state index contributed by atoms with van der Waals surface area (Å²) in [6.07, 6.45) is 3.68. The van der Waals surface area contributed by atoms with Gasteiger partial charge < -0.3 is 9.55 Å². The lowest BCUT2D eigenvalue weighted by Gasteiger charge is -2.11. The van der Waals surface area contributed by atoms with Crippen LogP contribution in [0.2, 0.25) is 0 Å². The second-order valence-corrected chi connectivity index (χ2v) is 7.30. The fourth-order valence-corrected chi connectivity index (χ4v) is 3.32. The average molecular weight is 313 g/mol. The average Bonchev–Trinajstić information content (AvgIpc) is 2.94. The van der Waals surface area contributed by atoms with Gasteiger partial charge in [0.05, 0.1) is 10.7 Å². The van der Waals surface area contributed by atoms with Gasteiger partial charge in [-0.05, 0) is 24.6 Å². The van der Waals surface area contributed by atoms with Gasteiger partial charge in [0.1, 0.15) is 5.52 Å². The van der Waals surface area contributed by atoms with E-state index < -0.39 is 0 Å². The molecule has 0 radical (unpaired) electrons. The highest BCUT2D eigenvalue weighted by Gasteiger charge is 2.14. The van der Waals surface area contributed by atoms with Crippen molar-refractivity contribution in [2.45, 2.75) is 31.0 Å². The Labute approximate surface area is 133 Å². The molecular formula is C17H19N3OS. The summed E-state index contributed by atoms with van der Waals surface area (Å²) in [5, 5.41) is 2.41. The Morgan fingerprint density at radius 1 is 1.27 bits per heavy atom. The van der Waals surface area contributed by atoms with Crippen molar-refractivity contribution in [1.29, 1.82) is 0 Å². The highest BCUT2D eigenvalue weighted by atomic mass is 32.2. The number of fused-ring (bicyclic) bond motifs is 1. The molecular weight excluding hydrogens is 294 g/mol. The zero-order valence-electron chi connectivity index (χ0n) is 13.2. The largest absolute Gasteiger partial charge is 0.357 e. The van der Waals surface area contributed by atoms with E-state index in [2.05, 4.69) is 37.9 Å². The zero-order chi connectivity index (χ0) is 15.9. The van der Waals surface area contributed by atoms with Crippen molar-refractivity contribution >= 4 is 22.7 Å². The minimum absolute atomic E-state index is 0.0193. The Hall–Kier alpha value is -2.01. The summed E-state index contributed by atoms with van der Waals surface area (Å²) < 4.78 is 1.61. The number of aromatic amines is 1. The third-order valence-corrected chi connectivity index (χ3v) is 4.52. The SMILES string of the molecule is Cc1ccc(SC(C)C)nc1-c1cn(C)c(=O)c2[nH]ccc12. The summed E-state index contributed by atoms with van der Waals surface area (Å²) in [6, 6.07) is 6.09. The Morgan fingerprint density at radius 2 is 2.05 bits per heavy atom. The molecule has 0 fully saturated rings. The first kappa shape index (κ1) is 14.9. The molecule has 3 aromatic heterocycles. The van der Waals surface area contributed by atoms with Crippen molar-refractivity contribution in [1.82, 2.24) is 14.5 Å². The molecule has 22 heavy (non-hydrogen) atoms. The first-order chi connectivity index (χ1) is 10.5.